The minimum atomic E-state index is -0.318. The molecule has 0 spiro atoms. The van der Waals surface area contributed by atoms with Crippen LogP contribution in [0.2, 0.25) is 0 Å². The number of nitrogens with zero attached hydrogens (tertiary/aromatic N) is 4. The van der Waals surface area contributed by atoms with Crippen molar-refractivity contribution in [3.8, 4) is 11.1 Å². The maximum atomic E-state index is 13.2. The maximum absolute atomic E-state index is 13.2. The van der Waals surface area contributed by atoms with E-state index in [1.165, 1.54) is 23.3 Å². The van der Waals surface area contributed by atoms with Crippen LogP contribution in [-0.4, -0.2) is 59.8 Å². The lowest BCUT2D eigenvalue weighted by Gasteiger charge is -2.35. The summed E-state index contributed by atoms with van der Waals surface area (Å²) in [5.41, 5.74) is 6.03. The summed E-state index contributed by atoms with van der Waals surface area (Å²) in [6.45, 7) is 5.45. The number of fused-ring (bicyclic) bond motifs is 1. The van der Waals surface area contributed by atoms with Crippen LogP contribution in [0.15, 0.2) is 59.7 Å². The first-order chi connectivity index (χ1) is 20.9. The zero-order valence-electron chi connectivity index (χ0n) is 24.7. The molecule has 2 N–H and O–H groups in total. The number of anilines is 4. The van der Waals surface area contributed by atoms with Gasteiger partial charge in [0.1, 0.15) is 18.2 Å². The van der Waals surface area contributed by atoms with E-state index in [9.17, 15) is 14.0 Å². The Kier molecular flexibility index (Phi) is 8.58. The van der Waals surface area contributed by atoms with E-state index in [1.807, 2.05) is 61.8 Å². The highest BCUT2D eigenvalue weighted by atomic mass is 32.1. The average molecular weight is 601 g/mol. The zero-order valence-corrected chi connectivity index (χ0v) is 25.5. The molecule has 1 amide bonds. The quantitative estimate of drug-likeness (QED) is 0.267. The van der Waals surface area contributed by atoms with Gasteiger partial charge in [0.2, 0.25) is 0 Å². The standard InChI is InChI=1S/C33H37FN6O2S/c1-22-26(7-5-8-27(22)37-32(41)30-19-23-6-3-4-9-29(23)43-30)24-18-28(33(42)38(2)21-24)36-31-11-10-25(20-35-31)40-16-14-39(13-12-34)15-17-40/h5,7-8,10-11,18-21H,3-4,6,9,12-17H2,1-2H3,(H,35,36)(H,37,41). The number of amides is 1. The molecule has 6 rings (SSSR count). The van der Waals surface area contributed by atoms with Crippen molar-refractivity contribution in [1.82, 2.24) is 14.5 Å². The minimum absolute atomic E-state index is 0.0846. The van der Waals surface area contributed by atoms with E-state index in [0.29, 0.717) is 18.1 Å². The molecule has 1 aromatic carbocycles. The topological polar surface area (TPSA) is 82.5 Å². The number of thiophene rings is 1. The molecule has 0 bridgehead atoms. The summed E-state index contributed by atoms with van der Waals surface area (Å²) >= 11 is 1.60. The van der Waals surface area contributed by atoms with Gasteiger partial charge in [0.25, 0.3) is 11.5 Å². The van der Waals surface area contributed by atoms with E-state index in [1.54, 1.807) is 23.0 Å². The number of benzene rings is 1. The zero-order chi connectivity index (χ0) is 29.9. The lowest BCUT2D eigenvalue weighted by atomic mass is 9.99. The predicted octanol–water partition coefficient (Wildman–Crippen LogP) is 5.78. The van der Waals surface area contributed by atoms with E-state index in [0.717, 1.165) is 72.0 Å². The number of carbonyl (C=O) groups is 1. The molecule has 1 fully saturated rings. The van der Waals surface area contributed by atoms with Gasteiger partial charge in [-0.05, 0) is 79.6 Å². The van der Waals surface area contributed by atoms with E-state index < -0.39 is 0 Å². The number of carbonyl (C=O) groups excluding carboxylic acids is 1. The van der Waals surface area contributed by atoms with Crippen LogP contribution in [0.5, 0.6) is 0 Å². The third-order valence-electron chi connectivity index (χ3n) is 8.45. The number of pyridine rings is 2. The number of aromatic nitrogens is 2. The van der Waals surface area contributed by atoms with Gasteiger partial charge in [-0.1, -0.05) is 12.1 Å². The SMILES string of the molecule is Cc1c(NC(=O)c2cc3c(s2)CCCC3)cccc1-c1cc(Nc2ccc(N3CCN(CCF)CC3)cn2)c(=O)n(C)c1. The fourth-order valence-electron chi connectivity index (χ4n) is 5.95. The van der Waals surface area contributed by atoms with E-state index >= 15 is 0 Å². The summed E-state index contributed by atoms with van der Waals surface area (Å²) in [4.78, 5) is 37.3. The maximum Gasteiger partial charge on any atom is 0.274 e. The number of alkyl halides is 1. The monoisotopic (exact) mass is 600 g/mol. The molecular weight excluding hydrogens is 563 g/mol. The molecule has 3 aromatic heterocycles. The lowest BCUT2D eigenvalue weighted by molar-refractivity contribution is 0.103. The van der Waals surface area contributed by atoms with Crippen LogP contribution >= 0.6 is 11.3 Å². The number of hydrogen-bond acceptors (Lipinski definition) is 7. The Hall–Kier alpha value is -4.02. The second-order valence-corrected chi connectivity index (χ2v) is 12.4. The molecule has 0 radical (unpaired) electrons. The number of halogens is 1. The Bertz CT molecular complexity index is 1650. The van der Waals surface area contributed by atoms with Crippen molar-refractivity contribution in [2.75, 3.05) is 54.9 Å². The summed E-state index contributed by atoms with van der Waals surface area (Å²) < 4.78 is 14.2. The van der Waals surface area contributed by atoms with Crippen LogP contribution in [-0.2, 0) is 19.9 Å². The van der Waals surface area contributed by atoms with Crippen molar-refractivity contribution >= 4 is 40.1 Å². The van der Waals surface area contributed by atoms with Gasteiger partial charge < -0.3 is 20.1 Å². The number of piperazine rings is 1. The predicted molar refractivity (Wildman–Crippen MR) is 173 cm³/mol. The summed E-state index contributed by atoms with van der Waals surface area (Å²) in [6.07, 6.45) is 8.11. The Labute approximate surface area is 255 Å². The number of nitrogens with one attached hydrogen (secondary N) is 2. The molecule has 4 heterocycles. The second-order valence-electron chi connectivity index (χ2n) is 11.3. The smallest absolute Gasteiger partial charge is 0.274 e. The highest BCUT2D eigenvalue weighted by Gasteiger charge is 2.20. The Morgan fingerprint density at radius 2 is 1.86 bits per heavy atom. The molecule has 1 saturated heterocycles. The van der Waals surface area contributed by atoms with Crippen LogP contribution in [0.3, 0.4) is 0 Å². The molecule has 224 valence electrons. The fourth-order valence-corrected chi connectivity index (χ4v) is 7.10. The van der Waals surface area contributed by atoms with Crippen molar-refractivity contribution in [3.63, 3.8) is 0 Å². The van der Waals surface area contributed by atoms with Gasteiger partial charge in [0.05, 0.1) is 16.8 Å². The molecule has 0 unspecified atom stereocenters. The molecule has 4 aromatic rings. The van der Waals surface area contributed by atoms with Crippen molar-refractivity contribution in [2.45, 2.75) is 32.6 Å². The molecule has 10 heteroatoms. The van der Waals surface area contributed by atoms with E-state index in [4.69, 9.17) is 0 Å². The van der Waals surface area contributed by atoms with Crippen molar-refractivity contribution in [2.24, 2.45) is 7.05 Å². The summed E-state index contributed by atoms with van der Waals surface area (Å²) in [6, 6.07) is 13.6. The van der Waals surface area contributed by atoms with Crippen LogP contribution in [0, 0.1) is 6.92 Å². The van der Waals surface area contributed by atoms with Crippen molar-refractivity contribution in [1.29, 1.82) is 0 Å². The third-order valence-corrected chi connectivity index (χ3v) is 9.68. The van der Waals surface area contributed by atoms with Crippen LogP contribution in [0.25, 0.3) is 11.1 Å². The largest absolute Gasteiger partial charge is 0.368 e. The van der Waals surface area contributed by atoms with E-state index in [2.05, 4.69) is 25.4 Å². The van der Waals surface area contributed by atoms with Crippen LogP contribution in [0.4, 0.5) is 27.3 Å². The Morgan fingerprint density at radius 1 is 1.05 bits per heavy atom. The Morgan fingerprint density at radius 3 is 2.60 bits per heavy atom. The number of rotatable bonds is 8. The summed E-state index contributed by atoms with van der Waals surface area (Å²) in [5.74, 6) is 0.490. The second kappa shape index (κ2) is 12.7. The molecule has 43 heavy (non-hydrogen) atoms. The summed E-state index contributed by atoms with van der Waals surface area (Å²) in [7, 11) is 1.73. The van der Waals surface area contributed by atoms with E-state index in [-0.39, 0.29) is 18.1 Å². The molecule has 0 atom stereocenters. The summed E-state index contributed by atoms with van der Waals surface area (Å²) in [5, 5.41) is 6.33. The number of hydrogen-bond donors (Lipinski definition) is 2. The first kappa shape index (κ1) is 29.1. The third kappa shape index (κ3) is 6.35. The van der Waals surface area contributed by atoms with Gasteiger partial charge in [-0.3, -0.25) is 14.5 Å². The molecule has 2 aliphatic rings. The number of aryl methyl sites for hydroxylation is 3. The Balaban J connectivity index is 1.19. The van der Waals surface area contributed by atoms with Crippen LogP contribution < -0.4 is 21.1 Å². The van der Waals surface area contributed by atoms with Gasteiger partial charge in [-0.2, -0.15) is 0 Å². The molecule has 0 saturated carbocycles. The van der Waals surface area contributed by atoms with Gasteiger partial charge in [0.15, 0.2) is 0 Å². The molecule has 1 aliphatic heterocycles. The van der Waals surface area contributed by atoms with Gasteiger partial charge in [-0.25, -0.2) is 9.37 Å². The van der Waals surface area contributed by atoms with Gasteiger partial charge in [0, 0.05) is 62.1 Å². The van der Waals surface area contributed by atoms with Gasteiger partial charge in [-0.15, -0.1) is 11.3 Å². The average Bonchev–Trinajstić information content (AvgIpc) is 3.46. The minimum Gasteiger partial charge on any atom is -0.368 e. The first-order valence-electron chi connectivity index (χ1n) is 14.9. The lowest BCUT2D eigenvalue weighted by Crippen LogP contribution is -2.47. The molecule has 1 aliphatic carbocycles. The normalized spacial score (nSPS) is 15.3. The highest BCUT2D eigenvalue weighted by Crippen LogP contribution is 2.33. The molecule has 8 nitrogen and oxygen atoms in total. The van der Waals surface area contributed by atoms with Crippen molar-refractivity contribution < 1.29 is 9.18 Å². The van der Waals surface area contributed by atoms with Crippen molar-refractivity contribution in [3.05, 3.63) is 86.1 Å². The fraction of sp³-hybridized carbons (Fsp3) is 0.364. The van der Waals surface area contributed by atoms with Gasteiger partial charge >= 0.3 is 0 Å². The molecular formula is C33H37FN6O2S. The highest BCUT2D eigenvalue weighted by molar-refractivity contribution is 7.14. The van der Waals surface area contributed by atoms with Crippen LogP contribution in [0.1, 0.15) is 38.5 Å². The first-order valence-corrected chi connectivity index (χ1v) is 15.7.